The van der Waals surface area contributed by atoms with Gasteiger partial charge in [-0.2, -0.15) is 0 Å². The molecule has 0 saturated carbocycles. The van der Waals surface area contributed by atoms with Crippen molar-refractivity contribution in [3.05, 3.63) is 72.9 Å². The van der Waals surface area contributed by atoms with Gasteiger partial charge in [0.25, 0.3) is 0 Å². The number of carbonyl (C=O) groups excluding carboxylic acids is 3. The average Bonchev–Trinajstić information content (AvgIpc) is 3.21. The molecule has 0 rings (SSSR count). The van der Waals surface area contributed by atoms with Gasteiger partial charge < -0.3 is 14.2 Å². The quantitative estimate of drug-likeness (QED) is 0.0202. The Morgan fingerprint density at radius 3 is 1.28 bits per heavy atom. The molecule has 0 aromatic carbocycles. The van der Waals surface area contributed by atoms with Gasteiger partial charge in [-0.1, -0.05) is 209 Å². The molecule has 0 radical (unpaired) electrons. The van der Waals surface area contributed by atoms with Crippen molar-refractivity contribution < 1.29 is 28.6 Å². The second-order valence-electron chi connectivity index (χ2n) is 15.4. The Labute approximate surface area is 351 Å². The predicted molar refractivity (Wildman–Crippen MR) is 242 cm³/mol. The highest BCUT2D eigenvalue weighted by Crippen LogP contribution is 2.13. The number of esters is 3. The third kappa shape index (κ3) is 43.8. The zero-order chi connectivity index (χ0) is 41.5. The van der Waals surface area contributed by atoms with E-state index in [2.05, 4.69) is 63.3 Å². The fraction of sp³-hybridized carbons (Fsp3) is 0.706. The summed E-state index contributed by atoms with van der Waals surface area (Å²) < 4.78 is 16.6. The van der Waals surface area contributed by atoms with Crippen LogP contribution in [0.15, 0.2) is 72.9 Å². The van der Waals surface area contributed by atoms with E-state index in [0.717, 1.165) is 77.0 Å². The van der Waals surface area contributed by atoms with Crippen molar-refractivity contribution in [3.63, 3.8) is 0 Å². The maximum absolute atomic E-state index is 12.7. The van der Waals surface area contributed by atoms with Crippen LogP contribution in [0.3, 0.4) is 0 Å². The first-order chi connectivity index (χ1) is 28.0. The van der Waals surface area contributed by atoms with Gasteiger partial charge in [0.05, 0.1) is 0 Å². The summed E-state index contributed by atoms with van der Waals surface area (Å²) in [6.45, 7) is 6.40. The molecule has 0 amide bonds. The lowest BCUT2D eigenvalue weighted by Crippen LogP contribution is -2.30. The van der Waals surface area contributed by atoms with Gasteiger partial charge in [-0.05, 0) is 57.8 Å². The minimum atomic E-state index is -0.812. The normalized spacial score (nSPS) is 12.7. The summed E-state index contributed by atoms with van der Waals surface area (Å²) in [5.41, 5.74) is 0. The molecular formula is C51H86O6. The van der Waals surface area contributed by atoms with Gasteiger partial charge in [0.1, 0.15) is 13.2 Å². The van der Waals surface area contributed by atoms with Crippen LogP contribution in [0.5, 0.6) is 0 Å². The highest BCUT2D eigenvalue weighted by Gasteiger charge is 2.19. The van der Waals surface area contributed by atoms with E-state index in [1.165, 1.54) is 89.9 Å². The van der Waals surface area contributed by atoms with Crippen molar-refractivity contribution in [1.82, 2.24) is 0 Å². The molecule has 0 aromatic heterocycles. The molecule has 0 saturated heterocycles. The highest BCUT2D eigenvalue weighted by molar-refractivity contribution is 5.71. The van der Waals surface area contributed by atoms with Crippen LogP contribution in [0.25, 0.3) is 0 Å². The predicted octanol–water partition coefficient (Wildman–Crippen LogP) is 15.1. The van der Waals surface area contributed by atoms with E-state index in [1.54, 1.807) is 0 Å². The van der Waals surface area contributed by atoms with Gasteiger partial charge in [-0.25, -0.2) is 0 Å². The standard InChI is InChI=1S/C51H86O6/c1-4-7-10-13-16-19-22-24-25-27-29-32-35-38-41-44-50(53)56-47-48(46-55-49(52)43-40-37-34-31-28-21-18-15-12-9-6-3)57-51(54)45-42-39-36-33-30-26-23-20-17-14-11-8-5-2/h7,10,13,16,19,22,24-26,30,36,39,48H,4-6,8-9,11-12,14-15,17-18,20-21,23,27-29,31-35,37-38,40-47H2,1-3H3/b10-7-,16-13-,22-19-,25-24-,30-26-,39-36-. The van der Waals surface area contributed by atoms with Gasteiger partial charge in [0.2, 0.25) is 0 Å². The maximum Gasteiger partial charge on any atom is 0.306 e. The minimum Gasteiger partial charge on any atom is -0.462 e. The third-order valence-electron chi connectivity index (χ3n) is 9.80. The van der Waals surface area contributed by atoms with E-state index >= 15 is 0 Å². The Balaban J connectivity index is 4.49. The van der Waals surface area contributed by atoms with Crippen LogP contribution in [0.2, 0.25) is 0 Å². The number of hydrogen-bond donors (Lipinski definition) is 0. The first-order valence-corrected chi connectivity index (χ1v) is 23.5. The van der Waals surface area contributed by atoms with Gasteiger partial charge >= 0.3 is 17.9 Å². The maximum atomic E-state index is 12.7. The van der Waals surface area contributed by atoms with Crippen molar-refractivity contribution in [2.75, 3.05) is 13.2 Å². The summed E-state index contributed by atoms with van der Waals surface area (Å²) in [4.78, 5) is 37.7. The van der Waals surface area contributed by atoms with Gasteiger partial charge in [0.15, 0.2) is 6.10 Å². The molecule has 0 heterocycles. The van der Waals surface area contributed by atoms with Crippen molar-refractivity contribution >= 4 is 17.9 Å². The topological polar surface area (TPSA) is 78.9 Å². The van der Waals surface area contributed by atoms with E-state index in [9.17, 15) is 14.4 Å². The van der Waals surface area contributed by atoms with Gasteiger partial charge in [0, 0.05) is 19.3 Å². The molecular weight excluding hydrogens is 709 g/mol. The number of rotatable bonds is 41. The molecule has 6 heteroatoms. The Morgan fingerprint density at radius 2 is 0.789 bits per heavy atom. The molecule has 0 spiro atoms. The number of hydrogen-bond acceptors (Lipinski definition) is 6. The Hall–Kier alpha value is -3.15. The average molecular weight is 795 g/mol. The molecule has 1 unspecified atom stereocenters. The van der Waals surface area contributed by atoms with E-state index in [-0.39, 0.29) is 37.5 Å². The van der Waals surface area contributed by atoms with Crippen LogP contribution in [-0.2, 0) is 28.6 Å². The lowest BCUT2D eigenvalue weighted by atomic mass is 10.1. The van der Waals surface area contributed by atoms with E-state index in [4.69, 9.17) is 14.2 Å². The number of allylic oxidation sites excluding steroid dienone is 12. The summed E-state index contributed by atoms with van der Waals surface area (Å²) in [5, 5.41) is 0. The molecule has 0 N–H and O–H groups in total. The second kappa shape index (κ2) is 45.6. The lowest BCUT2D eigenvalue weighted by molar-refractivity contribution is -0.166. The van der Waals surface area contributed by atoms with Gasteiger partial charge in [-0.15, -0.1) is 0 Å². The zero-order valence-corrected chi connectivity index (χ0v) is 37.1. The van der Waals surface area contributed by atoms with Crippen LogP contribution in [0.1, 0.15) is 213 Å². The third-order valence-corrected chi connectivity index (χ3v) is 9.80. The molecule has 57 heavy (non-hydrogen) atoms. The summed E-state index contributed by atoms with van der Waals surface area (Å²) in [7, 11) is 0. The molecule has 1 atom stereocenters. The molecule has 326 valence electrons. The first kappa shape index (κ1) is 53.9. The molecule has 0 aromatic rings. The van der Waals surface area contributed by atoms with Crippen molar-refractivity contribution in [1.29, 1.82) is 0 Å². The van der Waals surface area contributed by atoms with Crippen LogP contribution in [0, 0.1) is 0 Å². The van der Waals surface area contributed by atoms with Crippen molar-refractivity contribution in [2.45, 2.75) is 219 Å². The second-order valence-corrected chi connectivity index (χ2v) is 15.4. The van der Waals surface area contributed by atoms with Crippen LogP contribution in [-0.4, -0.2) is 37.2 Å². The molecule has 0 aliphatic carbocycles. The molecule has 0 aliphatic heterocycles. The van der Waals surface area contributed by atoms with Gasteiger partial charge in [-0.3, -0.25) is 14.4 Å². The van der Waals surface area contributed by atoms with E-state index in [1.807, 2.05) is 30.4 Å². The van der Waals surface area contributed by atoms with E-state index in [0.29, 0.717) is 19.3 Å². The zero-order valence-electron chi connectivity index (χ0n) is 37.1. The Kier molecular flexibility index (Phi) is 43.0. The van der Waals surface area contributed by atoms with E-state index < -0.39 is 6.10 Å². The Bertz CT molecular complexity index is 1100. The Morgan fingerprint density at radius 1 is 0.386 bits per heavy atom. The summed E-state index contributed by atoms with van der Waals surface area (Å²) in [6.07, 6.45) is 56.1. The molecule has 0 fully saturated rings. The number of unbranched alkanes of at least 4 members (excludes halogenated alkanes) is 21. The van der Waals surface area contributed by atoms with Crippen LogP contribution in [0.4, 0.5) is 0 Å². The lowest BCUT2D eigenvalue weighted by Gasteiger charge is -2.18. The van der Waals surface area contributed by atoms with Crippen molar-refractivity contribution in [2.24, 2.45) is 0 Å². The molecule has 6 nitrogen and oxygen atoms in total. The number of ether oxygens (including phenoxy) is 3. The summed E-state index contributed by atoms with van der Waals surface area (Å²) in [6, 6.07) is 0. The fourth-order valence-electron chi connectivity index (χ4n) is 6.27. The monoisotopic (exact) mass is 795 g/mol. The largest absolute Gasteiger partial charge is 0.462 e. The molecule has 0 aliphatic rings. The SMILES string of the molecule is CC\C=C/C=C\C=C/C=C\CCCCCCCC(=O)OCC(COC(=O)CCCCCCCCCCCCC)OC(=O)CC/C=C\C/C=C\CCCCCCCC. The fourth-order valence-corrected chi connectivity index (χ4v) is 6.27. The minimum absolute atomic E-state index is 0.105. The summed E-state index contributed by atoms with van der Waals surface area (Å²) in [5.74, 6) is -1.00. The highest BCUT2D eigenvalue weighted by atomic mass is 16.6. The summed E-state index contributed by atoms with van der Waals surface area (Å²) >= 11 is 0. The number of carbonyl (C=O) groups is 3. The van der Waals surface area contributed by atoms with Crippen molar-refractivity contribution in [3.8, 4) is 0 Å². The smallest absolute Gasteiger partial charge is 0.306 e. The van der Waals surface area contributed by atoms with Crippen LogP contribution < -0.4 is 0 Å². The molecule has 0 bridgehead atoms. The van der Waals surface area contributed by atoms with Crippen LogP contribution >= 0.6 is 0 Å². The first-order valence-electron chi connectivity index (χ1n) is 23.5.